The molecule has 2 aromatic heterocycles. The predicted molar refractivity (Wildman–Crippen MR) is 130 cm³/mol. The Hall–Kier alpha value is -3.63. The molecule has 0 unspecified atom stereocenters. The molecule has 1 saturated carbocycles. The van der Waals surface area contributed by atoms with Crippen LogP contribution in [0.5, 0.6) is 11.5 Å². The molecule has 0 bridgehead atoms. The average Bonchev–Trinajstić information content (AvgIpc) is 3.34. The highest BCUT2D eigenvalue weighted by Gasteiger charge is 2.44. The Morgan fingerprint density at radius 3 is 2.65 bits per heavy atom. The Morgan fingerprint density at radius 2 is 1.97 bits per heavy atom. The number of nitrogens with one attached hydrogen (secondary N) is 2. The number of alkyl halides is 3. The minimum atomic E-state index is -4.48. The summed E-state index contributed by atoms with van der Waals surface area (Å²) in [6, 6.07) is 7.18. The monoisotopic (exact) mass is 518 g/mol. The van der Waals surface area contributed by atoms with Crippen LogP contribution in [0.3, 0.4) is 0 Å². The van der Waals surface area contributed by atoms with Crippen LogP contribution in [0.2, 0.25) is 0 Å². The van der Waals surface area contributed by atoms with Crippen molar-refractivity contribution < 1.29 is 32.2 Å². The van der Waals surface area contributed by atoms with Crippen LogP contribution in [0.15, 0.2) is 36.7 Å². The fourth-order valence-electron chi connectivity index (χ4n) is 5.09. The molecule has 11 heteroatoms. The fraction of sp³-hybridized carbons (Fsp3) is 0.462. The van der Waals surface area contributed by atoms with Gasteiger partial charge < -0.3 is 14.8 Å². The predicted octanol–water partition coefficient (Wildman–Crippen LogP) is 4.43. The topological polar surface area (TPSA) is 106 Å². The van der Waals surface area contributed by atoms with Gasteiger partial charge >= 0.3 is 6.18 Å². The Balaban J connectivity index is 1.51. The van der Waals surface area contributed by atoms with Gasteiger partial charge in [-0.25, -0.2) is 4.98 Å². The lowest BCUT2D eigenvalue weighted by molar-refractivity contribution is -0.138. The molecule has 0 radical (unpaired) electrons. The zero-order chi connectivity index (χ0) is 26.6. The van der Waals surface area contributed by atoms with Crippen LogP contribution in [0.25, 0.3) is 11.0 Å². The van der Waals surface area contributed by atoms with Gasteiger partial charge in [0.05, 0.1) is 31.0 Å². The van der Waals surface area contributed by atoms with Gasteiger partial charge in [0.2, 0.25) is 5.91 Å². The summed E-state index contributed by atoms with van der Waals surface area (Å²) >= 11 is 0. The molecule has 0 spiro atoms. The van der Waals surface area contributed by atoms with E-state index in [0.717, 1.165) is 5.39 Å². The van der Waals surface area contributed by atoms with Crippen molar-refractivity contribution in [1.29, 1.82) is 0 Å². The molecule has 2 heterocycles. The number of amides is 1. The third-order valence-corrected chi connectivity index (χ3v) is 6.95. The van der Waals surface area contributed by atoms with Gasteiger partial charge in [-0.15, -0.1) is 0 Å². The number of methoxy groups -OCH3 is 1. The van der Waals surface area contributed by atoms with Gasteiger partial charge in [-0.05, 0) is 56.7 Å². The molecular weight excluding hydrogens is 489 g/mol. The molecule has 2 N–H and O–H groups in total. The molecule has 4 rings (SSSR count). The molecule has 37 heavy (non-hydrogen) atoms. The van der Waals surface area contributed by atoms with Gasteiger partial charge in [-0.2, -0.15) is 18.3 Å². The summed E-state index contributed by atoms with van der Waals surface area (Å²) in [5.74, 6) is 0.414. The first-order valence-corrected chi connectivity index (χ1v) is 12.1. The first kappa shape index (κ1) is 26.4. The number of hydrogen-bond donors (Lipinski definition) is 2. The molecule has 8 nitrogen and oxygen atoms in total. The average molecular weight is 519 g/mol. The number of aromatic amines is 1. The summed E-state index contributed by atoms with van der Waals surface area (Å²) < 4.78 is 49.2. The Labute approximate surface area is 211 Å². The Kier molecular flexibility index (Phi) is 7.70. The molecule has 3 aromatic rings. The number of H-pyrrole nitrogens is 1. The number of fused-ring (bicyclic) bond motifs is 1. The van der Waals surface area contributed by atoms with Crippen molar-refractivity contribution in [2.24, 2.45) is 0 Å². The normalized spacial score (nSPS) is 20.0. The van der Waals surface area contributed by atoms with Crippen LogP contribution in [-0.4, -0.2) is 52.8 Å². The van der Waals surface area contributed by atoms with Crippen LogP contribution in [0.4, 0.5) is 13.2 Å². The van der Waals surface area contributed by atoms with Crippen LogP contribution in [0.1, 0.15) is 50.2 Å². The second-order valence-electron chi connectivity index (χ2n) is 9.32. The lowest BCUT2D eigenvalue weighted by Crippen LogP contribution is -2.42. The summed E-state index contributed by atoms with van der Waals surface area (Å²) in [4.78, 5) is 29.5. The number of nitrogens with zero attached hydrogens (tertiary/aromatic N) is 2. The van der Waals surface area contributed by atoms with Crippen molar-refractivity contribution >= 4 is 22.7 Å². The maximum absolute atomic E-state index is 13.2. The van der Waals surface area contributed by atoms with Gasteiger partial charge in [0.15, 0.2) is 5.65 Å². The molecule has 198 valence electrons. The van der Waals surface area contributed by atoms with Crippen LogP contribution in [-0.2, 0) is 21.4 Å². The number of benzene rings is 1. The number of pyridine rings is 1. The Morgan fingerprint density at radius 1 is 1.22 bits per heavy atom. The molecule has 1 amide bonds. The van der Waals surface area contributed by atoms with E-state index in [1.54, 1.807) is 37.5 Å². The maximum Gasteiger partial charge on any atom is 0.405 e. The van der Waals surface area contributed by atoms with Gasteiger partial charge in [-0.1, -0.05) is 12.1 Å². The number of halogens is 3. The quantitative estimate of drug-likeness (QED) is 0.434. The minimum absolute atomic E-state index is 0.0280. The number of carbonyl (C=O) groups excluding carboxylic acids is 2. The van der Waals surface area contributed by atoms with E-state index < -0.39 is 24.0 Å². The first-order valence-electron chi connectivity index (χ1n) is 12.1. The molecular formula is C26H29F3N4O4. The van der Waals surface area contributed by atoms with Crippen molar-refractivity contribution in [3.8, 4) is 11.5 Å². The smallest absolute Gasteiger partial charge is 0.405 e. The number of hydrogen-bond acceptors (Lipinski definition) is 6. The van der Waals surface area contributed by atoms with E-state index in [-0.39, 0.29) is 24.7 Å². The number of ether oxygens (including phenoxy) is 2. The van der Waals surface area contributed by atoms with E-state index >= 15 is 0 Å². The largest absolute Gasteiger partial charge is 0.496 e. The summed E-state index contributed by atoms with van der Waals surface area (Å²) in [6.07, 6.45) is 0.963. The van der Waals surface area contributed by atoms with E-state index in [9.17, 15) is 22.8 Å². The SMILES string of the molecule is COc1cccc(CCC(=O)NCC(F)(F)F)c1C1(C(C)=O)CCC(Oc2cnc3[nH]ncc3c2)CC1. The third-order valence-electron chi connectivity index (χ3n) is 6.95. The molecule has 1 fully saturated rings. The van der Waals surface area contributed by atoms with Crippen molar-refractivity contribution in [2.75, 3.05) is 13.7 Å². The summed E-state index contributed by atoms with van der Waals surface area (Å²) in [5, 5.41) is 9.50. The molecule has 1 aliphatic carbocycles. The zero-order valence-electron chi connectivity index (χ0n) is 20.7. The summed E-state index contributed by atoms with van der Waals surface area (Å²) in [5.41, 5.74) is 1.23. The summed E-state index contributed by atoms with van der Waals surface area (Å²) in [6.45, 7) is 0.169. The van der Waals surface area contributed by atoms with Gasteiger partial charge in [0.25, 0.3) is 0 Å². The van der Waals surface area contributed by atoms with Crippen LogP contribution >= 0.6 is 0 Å². The zero-order valence-corrected chi connectivity index (χ0v) is 20.7. The molecule has 1 aromatic carbocycles. The molecule has 0 saturated heterocycles. The van der Waals surface area contributed by atoms with E-state index in [1.165, 1.54) is 7.11 Å². The third kappa shape index (κ3) is 6.03. The van der Waals surface area contributed by atoms with Crippen LogP contribution in [0, 0.1) is 0 Å². The minimum Gasteiger partial charge on any atom is -0.496 e. The standard InChI is InChI=1S/C26H29F3N4O4/c1-16(34)25(10-8-19(9-11-25)37-20-12-18-13-32-33-24(18)30-14-20)23-17(4-3-5-21(23)36-2)6-7-22(35)31-15-26(27,28)29/h3-5,12-14,19H,6-11,15H2,1-2H3,(H,31,35)(H,30,32,33). The molecule has 0 atom stereocenters. The van der Waals surface area contributed by atoms with Gasteiger partial charge in [0.1, 0.15) is 23.8 Å². The molecule has 1 aliphatic rings. The van der Waals surface area contributed by atoms with Crippen molar-refractivity contribution in [3.05, 3.63) is 47.8 Å². The summed E-state index contributed by atoms with van der Waals surface area (Å²) in [7, 11) is 1.51. The van der Waals surface area contributed by atoms with Crippen molar-refractivity contribution in [2.45, 2.75) is 63.1 Å². The van der Waals surface area contributed by atoms with Crippen molar-refractivity contribution in [3.63, 3.8) is 0 Å². The first-order chi connectivity index (χ1) is 17.6. The maximum atomic E-state index is 13.2. The fourth-order valence-corrected chi connectivity index (χ4v) is 5.09. The number of carbonyl (C=O) groups is 2. The second kappa shape index (κ2) is 10.8. The number of Topliss-reactive ketones (excluding diaryl/α,β-unsaturated/α-hetero) is 1. The number of aromatic nitrogens is 3. The van der Waals surface area contributed by atoms with Gasteiger partial charge in [-0.3, -0.25) is 14.7 Å². The van der Waals surface area contributed by atoms with E-state index in [1.807, 2.05) is 11.4 Å². The second-order valence-corrected chi connectivity index (χ2v) is 9.32. The molecule has 0 aliphatic heterocycles. The van der Waals surface area contributed by atoms with E-state index in [2.05, 4.69) is 15.2 Å². The van der Waals surface area contributed by atoms with Gasteiger partial charge in [0, 0.05) is 17.4 Å². The number of rotatable bonds is 9. The Bertz CT molecular complexity index is 1270. The van der Waals surface area contributed by atoms with Crippen LogP contribution < -0.4 is 14.8 Å². The van der Waals surface area contributed by atoms with E-state index in [0.29, 0.717) is 54.0 Å². The highest BCUT2D eigenvalue weighted by Crippen LogP contribution is 2.46. The lowest BCUT2D eigenvalue weighted by atomic mass is 9.64. The highest BCUT2D eigenvalue weighted by atomic mass is 19.4. The number of ketones is 1. The number of aryl methyl sites for hydroxylation is 1. The highest BCUT2D eigenvalue weighted by molar-refractivity contribution is 5.89. The van der Waals surface area contributed by atoms with Crippen molar-refractivity contribution in [1.82, 2.24) is 20.5 Å². The lowest BCUT2D eigenvalue weighted by Gasteiger charge is -2.40. The van der Waals surface area contributed by atoms with E-state index in [4.69, 9.17) is 9.47 Å².